The summed E-state index contributed by atoms with van der Waals surface area (Å²) < 4.78 is 5.06. The zero-order valence-electron chi connectivity index (χ0n) is 6.90. The highest BCUT2D eigenvalue weighted by Gasteiger charge is 2.19. The van der Waals surface area contributed by atoms with Crippen molar-refractivity contribution in [3.63, 3.8) is 0 Å². The fourth-order valence-electron chi connectivity index (χ4n) is 0.870. The van der Waals surface area contributed by atoms with E-state index in [1.54, 1.807) is 0 Å². The minimum absolute atomic E-state index is 0.637. The second kappa shape index (κ2) is 4.23. The molecule has 1 aromatic heterocycles. The van der Waals surface area contributed by atoms with E-state index in [1.165, 1.54) is 11.3 Å². The van der Waals surface area contributed by atoms with Crippen LogP contribution >= 0.6 is 23.1 Å². The van der Waals surface area contributed by atoms with Gasteiger partial charge in [-0.1, -0.05) is 11.3 Å². The van der Waals surface area contributed by atoms with Crippen LogP contribution in [0.2, 0.25) is 0 Å². The van der Waals surface area contributed by atoms with Crippen molar-refractivity contribution in [3.05, 3.63) is 5.01 Å². The first-order chi connectivity index (χ1) is 6.38. The maximum Gasteiger partial charge on any atom is 0.219 e. The van der Waals surface area contributed by atoms with Gasteiger partial charge in [0.05, 0.1) is 18.5 Å². The van der Waals surface area contributed by atoms with Crippen molar-refractivity contribution in [3.8, 4) is 0 Å². The highest BCUT2D eigenvalue weighted by Crippen LogP contribution is 2.25. The molecule has 5 nitrogen and oxygen atoms in total. The maximum atomic E-state index is 5.19. The number of hydrogen-bond donors (Lipinski definition) is 2. The first kappa shape index (κ1) is 9.20. The Hall–Kier alpha value is -0.370. The standard InChI is InChI=1S/C6H10N4OS2/c7-8-6-10-9-5(13-6)3-12-4-1-11-2-4/h4H,1-3,7H2,(H,8,10). The van der Waals surface area contributed by atoms with Gasteiger partial charge in [0.25, 0.3) is 0 Å². The molecule has 13 heavy (non-hydrogen) atoms. The number of rotatable bonds is 4. The van der Waals surface area contributed by atoms with Gasteiger partial charge in [-0.2, -0.15) is 0 Å². The molecule has 1 saturated heterocycles. The average molecular weight is 218 g/mol. The lowest BCUT2D eigenvalue weighted by molar-refractivity contribution is 0.0455. The molecule has 0 saturated carbocycles. The number of ether oxygens (including phenoxy) is 1. The molecular formula is C6H10N4OS2. The lowest BCUT2D eigenvalue weighted by Crippen LogP contribution is -2.30. The van der Waals surface area contributed by atoms with Gasteiger partial charge in [0.2, 0.25) is 5.13 Å². The number of thioether (sulfide) groups is 1. The molecule has 0 spiro atoms. The minimum atomic E-state index is 0.637. The quantitative estimate of drug-likeness (QED) is 0.565. The number of anilines is 1. The maximum absolute atomic E-state index is 5.19. The third-order valence-electron chi connectivity index (χ3n) is 1.64. The van der Waals surface area contributed by atoms with Crippen molar-refractivity contribution in [1.82, 2.24) is 10.2 Å². The molecule has 72 valence electrons. The molecule has 0 bridgehead atoms. The van der Waals surface area contributed by atoms with Gasteiger partial charge >= 0.3 is 0 Å². The molecule has 1 aliphatic heterocycles. The molecule has 0 radical (unpaired) electrons. The number of aromatic nitrogens is 2. The molecule has 0 unspecified atom stereocenters. The zero-order chi connectivity index (χ0) is 9.10. The molecule has 2 heterocycles. The van der Waals surface area contributed by atoms with Crippen LogP contribution in [0.4, 0.5) is 5.13 Å². The first-order valence-electron chi connectivity index (χ1n) is 3.87. The van der Waals surface area contributed by atoms with Crippen LogP contribution in [0, 0.1) is 0 Å². The number of nitrogens with zero attached hydrogens (tertiary/aromatic N) is 2. The summed E-state index contributed by atoms with van der Waals surface area (Å²) in [6, 6.07) is 0. The van der Waals surface area contributed by atoms with E-state index in [1.807, 2.05) is 11.8 Å². The molecule has 7 heteroatoms. The normalized spacial score (nSPS) is 17.0. The van der Waals surface area contributed by atoms with Crippen molar-refractivity contribution < 1.29 is 4.74 Å². The minimum Gasteiger partial charge on any atom is -0.379 e. The molecule has 0 amide bonds. The summed E-state index contributed by atoms with van der Waals surface area (Å²) in [5, 5.41) is 10.1. The third-order valence-corrected chi connectivity index (χ3v) is 3.86. The second-order valence-electron chi connectivity index (χ2n) is 2.62. The molecule has 0 aromatic carbocycles. The molecule has 1 aromatic rings. The molecular weight excluding hydrogens is 208 g/mol. The summed E-state index contributed by atoms with van der Waals surface area (Å²) in [4.78, 5) is 0. The van der Waals surface area contributed by atoms with E-state index < -0.39 is 0 Å². The topological polar surface area (TPSA) is 73.1 Å². The Morgan fingerprint density at radius 2 is 2.46 bits per heavy atom. The Labute approximate surface area is 84.0 Å². The Morgan fingerprint density at radius 1 is 1.62 bits per heavy atom. The van der Waals surface area contributed by atoms with Gasteiger partial charge in [0.15, 0.2) is 0 Å². The lowest BCUT2D eigenvalue weighted by atomic mass is 10.4. The number of hydrazine groups is 1. The highest BCUT2D eigenvalue weighted by atomic mass is 32.2. The van der Waals surface area contributed by atoms with Crippen molar-refractivity contribution in [2.45, 2.75) is 11.0 Å². The monoisotopic (exact) mass is 218 g/mol. The van der Waals surface area contributed by atoms with E-state index in [0.29, 0.717) is 10.4 Å². The summed E-state index contributed by atoms with van der Waals surface area (Å²) in [7, 11) is 0. The smallest absolute Gasteiger partial charge is 0.219 e. The SMILES string of the molecule is NNc1nnc(CSC2COC2)s1. The molecule has 0 atom stereocenters. The summed E-state index contributed by atoms with van der Waals surface area (Å²) in [5.74, 6) is 6.08. The van der Waals surface area contributed by atoms with Crippen LogP contribution < -0.4 is 11.3 Å². The predicted octanol–water partition coefficient (Wildman–Crippen LogP) is 0.456. The van der Waals surface area contributed by atoms with Crippen LogP contribution in [0.5, 0.6) is 0 Å². The molecule has 3 N–H and O–H groups in total. The Bertz CT molecular complexity index is 275. The van der Waals surface area contributed by atoms with Crippen LogP contribution in [0.1, 0.15) is 5.01 Å². The van der Waals surface area contributed by atoms with Gasteiger partial charge in [0.1, 0.15) is 5.01 Å². The van der Waals surface area contributed by atoms with Crippen LogP contribution in [0.3, 0.4) is 0 Å². The van der Waals surface area contributed by atoms with Crippen LogP contribution in [0.15, 0.2) is 0 Å². The number of nitrogens with two attached hydrogens (primary N) is 1. The van der Waals surface area contributed by atoms with Crippen LogP contribution in [0.25, 0.3) is 0 Å². The van der Waals surface area contributed by atoms with Gasteiger partial charge in [0, 0.05) is 5.75 Å². The van der Waals surface area contributed by atoms with E-state index in [0.717, 1.165) is 24.0 Å². The predicted molar refractivity (Wildman–Crippen MR) is 53.6 cm³/mol. The summed E-state index contributed by atoms with van der Waals surface area (Å²) in [5.41, 5.74) is 2.47. The fourth-order valence-corrected chi connectivity index (χ4v) is 2.58. The van der Waals surface area contributed by atoms with E-state index in [9.17, 15) is 0 Å². The summed E-state index contributed by atoms with van der Waals surface area (Å²) >= 11 is 3.34. The molecule has 2 rings (SSSR count). The highest BCUT2D eigenvalue weighted by molar-refractivity contribution is 7.99. The molecule has 0 aliphatic carbocycles. The van der Waals surface area contributed by atoms with Gasteiger partial charge in [-0.3, -0.25) is 5.43 Å². The lowest BCUT2D eigenvalue weighted by Gasteiger charge is -2.24. The largest absolute Gasteiger partial charge is 0.379 e. The number of hydrogen-bond acceptors (Lipinski definition) is 7. The third kappa shape index (κ3) is 2.31. The van der Waals surface area contributed by atoms with Gasteiger partial charge < -0.3 is 4.74 Å². The van der Waals surface area contributed by atoms with Crippen molar-refractivity contribution in [1.29, 1.82) is 0 Å². The Balaban J connectivity index is 1.79. The van der Waals surface area contributed by atoms with E-state index in [-0.39, 0.29) is 0 Å². The summed E-state index contributed by atoms with van der Waals surface area (Å²) in [6.45, 7) is 1.73. The average Bonchev–Trinajstić information content (AvgIpc) is 2.49. The van der Waals surface area contributed by atoms with E-state index >= 15 is 0 Å². The Kier molecular flexibility index (Phi) is 2.99. The van der Waals surface area contributed by atoms with E-state index in [4.69, 9.17) is 10.6 Å². The van der Waals surface area contributed by atoms with Crippen molar-refractivity contribution in [2.75, 3.05) is 18.6 Å². The van der Waals surface area contributed by atoms with Crippen LogP contribution in [-0.2, 0) is 10.5 Å². The van der Waals surface area contributed by atoms with Crippen LogP contribution in [-0.4, -0.2) is 28.7 Å². The first-order valence-corrected chi connectivity index (χ1v) is 5.73. The molecule has 1 aliphatic rings. The van der Waals surface area contributed by atoms with Gasteiger partial charge in [-0.25, -0.2) is 5.84 Å². The van der Waals surface area contributed by atoms with Crippen molar-refractivity contribution in [2.24, 2.45) is 5.84 Å². The Morgan fingerprint density at radius 3 is 3.00 bits per heavy atom. The van der Waals surface area contributed by atoms with Gasteiger partial charge in [-0.15, -0.1) is 22.0 Å². The summed E-state index contributed by atoms with van der Waals surface area (Å²) in [6.07, 6.45) is 0. The molecule has 1 fully saturated rings. The zero-order valence-corrected chi connectivity index (χ0v) is 8.53. The van der Waals surface area contributed by atoms with E-state index in [2.05, 4.69) is 15.6 Å². The second-order valence-corrected chi connectivity index (χ2v) is 4.97. The number of nitrogens with one attached hydrogen (secondary N) is 1. The fraction of sp³-hybridized carbons (Fsp3) is 0.667. The number of nitrogen functional groups attached to an aromatic ring is 1. The van der Waals surface area contributed by atoms with Gasteiger partial charge in [-0.05, 0) is 0 Å². The van der Waals surface area contributed by atoms with Crippen molar-refractivity contribution >= 4 is 28.2 Å².